The first-order valence-corrected chi connectivity index (χ1v) is 6.74. The van der Waals surface area contributed by atoms with Crippen LogP contribution in [-0.4, -0.2) is 48.9 Å². The second-order valence-corrected chi connectivity index (χ2v) is 5.00. The van der Waals surface area contributed by atoms with Gasteiger partial charge in [0, 0.05) is 26.2 Å². The van der Waals surface area contributed by atoms with Gasteiger partial charge in [-0.15, -0.1) is 0 Å². The quantitative estimate of drug-likeness (QED) is 0.814. The number of hydrogen-bond donors (Lipinski definition) is 0. The maximum atomic E-state index is 12.5. The van der Waals surface area contributed by atoms with E-state index in [-0.39, 0.29) is 11.8 Å². The molecule has 1 atom stereocenters. The molecular formula is C15H22N2O. The Kier molecular flexibility index (Phi) is 4.37. The Morgan fingerprint density at radius 1 is 1.17 bits per heavy atom. The highest BCUT2D eigenvalue weighted by Gasteiger charge is 2.26. The van der Waals surface area contributed by atoms with Crippen molar-refractivity contribution in [2.75, 3.05) is 33.2 Å². The van der Waals surface area contributed by atoms with Crippen molar-refractivity contribution in [1.82, 2.24) is 9.80 Å². The van der Waals surface area contributed by atoms with Crippen molar-refractivity contribution in [1.29, 1.82) is 0 Å². The molecular weight excluding hydrogens is 224 g/mol. The summed E-state index contributed by atoms with van der Waals surface area (Å²) in [7, 11) is 2.11. The number of carbonyl (C=O) groups is 1. The van der Waals surface area contributed by atoms with Gasteiger partial charge in [0.05, 0.1) is 5.92 Å². The molecule has 0 bridgehead atoms. The third-order valence-corrected chi connectivity index (χ3v) is 3.72. The van der Waals surface area contributed by atoms with Crippen molar-refractivity contribution < 1.29 is 4.79 Å². The van der Waals surface area contributed by atoms with Crippen molar-refractivity contribution in [2.24, 2.45) is 0 Å². The molecule has 1 heterocycles. The number of nitrogens with zero attached hydrogens (tertiary/aromatic N) is 2. The number of hydrogen-bond acceptors (Lipinski definition) is 2. The fraction of sp³-hybridized carbons (Fsp3) is 0.533. The Morgan fingerprint density at radius 3 is 2.33 bits per heavy atom. The highest BCUT2D eigenvalue weighted by atomic mass is 16.2. The molecule has 2 rings (SSSR count). The average molecular weight is 246 g/mol. The SMILES string of the molecule is CCC(C(=O)N1CCN(C)CC1)c1ccccc1. The lowest BCUT2D eigenvalue weighted by Gasteiger charge is -2.34. The van der Waals surface area contributed by atoms with Crippen LogP contribution in [0.1, 0.15) is 24.8 Å². The lowest BCUT2D eigenvalue weighted by molar-refractivity contribution is -0.134. The van der Waals surface area contributed by atoms with Gasteiger partial charge in [-0.1, -0.05) is 37.3 Å². The minimum absolute atomic E-state index is 0.0228. The molecule has 3 heteroatoms. The average Bonchev–Trinajstić information content (AvgIpc) is 2.41. The topological polar surface area (TPSA) is 23.6 Å². The first-order valence-electron chi connectivity index (χ1n) is 6.74. The molecule has 0 aromatic heterocycles. The van der Waals surface area contributed by atoms with Gasteiger partial charge in [-0.3, -0.25) is 4.79 Å². The standard InChI is InChI=1S/C15H22N2O/c1-3-14(13-7-5-4-6-8-13)15(18)17-11-9-16(2)10-12-17/h4-8,14H,3,9-12H2,1-2H3. The van der Waals surface area contributed by atoms with E-state index in [1.165, 1.54) is 0 Å². The normalized spacial score (nSPS) is 18.7. The fourth-order valence-electron chi connectivity index (χ4n) is 2.49. The molecule has 0 saturated carbocycles. The van der Waals surface area contributed by atoms with E-state index >= 15 is 0 Å². The van der Waals surface area contributed by atoms with Gasteiger partial charge in [-0.2, -0.15) is 0 Å². The van der Waals surface area contributed by atoms with Crippen molar-refractivity contribution in [3.63, 3.8) is 0 Å². The van der Waals surface area contributed by atoms with Gasteiger partial charge in [0.2, 0.25) is 5.91 Å². The monoisotopic (exact) mass is 246 g/mol. The third kappa shape index (κ3) is 2.91. The number of carbonyl (C=O) groups excluding carboxylic acids is 1. The minimum Gasteiger partial charge on any atom is -0.340 e. The number of benzene rings is 1. The Bertz CT molecular complexity index is 383. The van der Waals surface area contributed by atoms with Crippen LogP contribution in [0.15, 0.2) is 30.3 Å². The van der Waals surface area contributed by atoms with Gasteiger partial charge < -0.3 is 9.80 Å². The maximum Gasteiger partial charge on any atom is 0.230 e. The van der Waals surface area contributed by atoms with Crippen LogP contribution in [0.4, 0.5) is 0 Å². The van der Waals surface area contributed by atoms with Crippen LogP contribution in [0, 0.1) is 0 Å². The lowest BCUT2D eigenvalue weighted by atomic mass is 9.95. The maximum absolute atomic E-state index is 12.5. The smallest absolute Gasteiger partial charge is 0.230 e. The molecule has 1 unspecified atom stereocenters. The van der Waals surface area contributed by atoms with Gasteiger partial charge in [-0.25, -0.2) is 0 Å². The molecule has 3 nitrogen and oxygen atoms in total. The Balaban J connectivity index is 2.06. The molecule has 1 aliphatic rings. The molecule has 0 radical (unpaired) electrons. The second-order valence-electron chi connectivity index (χ2n) is 5.00. The molecule has 1 amide bonds. The summed E-state index contributed by atoms with van der Waals surface area (Å²) in [5, 5.41) is 0. The van der Waals surface area contributed by atoms with Crippen LogP contribution in [0.3, 0.4) is 0 Å². The van der Waals surface area contributed by atoms with E-state index < -0.39 is 0 Å². The molecule has 0 N–H and O–H groups in total. The summed E-state index contributed by atoms with van der Waals surface area (Å²) < 4.78 is 0. The van der Waals surface area contributed by atoms with E-state index in [0.717, 1.165) is 38.2 Å². The number of likely N-dealkylation sites (N-methyl/N-ethyl adjacent to an activating group) is 1. The molecule has 1 fully saturated rings. The van der Waals surface area contributed by atoms with E-state index in [2.05, 4.69) is 31.0 Å². The van der Waals surface area contributed by atoms with E-state index in [0.29, 0.717) is 0 Å². The van der Waals surface area contributed by atoms with E-state index in [9.17, 15) is 4.79 Å². The summed E-state index contributed by atoms with van der Waals surface area (Å²) in [6.07, 6.45) is 0.870. The van der Waals surface area contributed by atoms with Crippen molar-refractivity contribution in [3.8, 4) is 0 Å². The largest absolute Gasteiger partial charge is 0.340 e. The van der Waals surface area contributed by atoms with Crippen LogP contribution in [0.2, 0.25) is 0 Å². The Labute approximate surface area is 109 Å². The van der Waals surface area contributed by atoms with Gasteiger partial charge in [0.1, 0.15) is 0 Å². The fourth-order valence-corrected chi connectivity index (χ4v) is 2.49. The summed E-state index contributed by atoms with van der Waals surface area (Å²) >= 11 is 0. The summed E-state index contributed by atoms with van der Waals surface area (Å²) in [6, 6.07) is 10.1. The van der Waals surface area contributed by atoms with E-state index in [1.54, 1.807) is 0 Å². The van der Waals surface area contributed by atoms with Crippen LogP contribution >= 0.6 is 0 Å². The molecule has 0 spiro atoms. The van der Waals surface area contributed by atoms with Crippen molar-refractivity contribution in [2.45, 2.75) is 19.3 Å². The number of amides is 1. The molecule has 1 aromatic carbocycles. The molecule has 1 aliphatic heterocycles. The van der Waals surface area contributed by atoms with Gasteiger partial charge in [0.25, 0.3) is 0 Å². The molecule has 1 saturated heterocycles. The number of piperazine rings is 1. The van der Waals surface area contributed by atoms with Crippen LogP contribution < -0.4 is 0 Å². The van der Waals surface area contributed by atoms with E-state index in [1.807, 2.05) is 23.1 Å². The third-order valence-electron chi connectivity index (χ3n) is 3.72. The Morgan fingerprint density at radius 2 is 1.78 bits per heavy atom. The van der Waals surface area contributed by atoms with Crippen LogP contribution in [-0.2, 0) is 4.79 Å². The highest BCUT2D eigenvalue weighted by Crippen LogP contribution is 2.22. The van der Waals surface area contributed by atoms with Crippen molar-refractivity contribution >= 4 is 5.91 Å². The summed E-state index contributed by atoms with van der Waals surface area (Å²) in [5.41, 5.74) is 1.14. The predicted molar refractivity (Wildman–Crippen MR) is 73.6 cm³/mol. The predicted octanol–water partition coefficient (Wildman–Crippen LogP) is 1.95. The Hall–Kier alpha value is -1.35. The minimum atomic E-state index is 0.0228. The van der Waals surface area contributed by atoms with Gasteiger partial charge in [-0.05, 0) is 19.0 Å². The molecule has 0 aliphatic carbocycles. The summed E-state index contributed by atoms with van der Waals surface area (Å²) in [4.78, 5) is 16.8. The summed E-state index contributed by atoms with van der Waals surface area (Å²) in [5.74, 6) is 0.311. The molecule has 1 aromatic rings. The zero-order chi connectivity index (χ0) is 13.0. The number of rotatable bonds is 3. The van der Waals surface area contributed by atoms with Crippen molar-refractivity contribution in [3.05, 3.63) is 35.9 Å². The zero-order valence-electron chi connectivity index (χ0n) is 11.3. The molecule has 98 valence electrons. The molecule has 18 heavy (non-hydrogen) atoms. The van der Waals surface area contributed by atoms with E-state index in [4.69, 9.17) is 0 Å². The van der Waals surface area contributed by atoms with Crippen LogP contribution in [0.5, 0.6) is 0 Å². The highest BCUT2D eigenvalue weighted by molar-refractivity contribution is 5.83. The lowest BCUT2D eigenvalue weighted by Crippen LogP contribution is -2.48. The summed E-state index contributed by atoms with van der Waals surface area (Å²) in [6.45, 7) is 5.77. The van der Waals surface area contributed by atoms with Crippen LogP contribution in [0.25, 0.3) is 0 Å². The first kappa shape index (κ1) is 13.1. The van der Waals surface area contributed by atoms with Gasteiger partial charge >= 0.3 is 0 Å². The first-order chi connectivity index (χ1) is 8.72. The zero-order valence-corrected chi connectivity index (χ0v) is 11.3. The van der Waals surface area contributed by atoms with Gasteiger partial charge in [0.15, 0.2) is 0 Å². The second kappa shape index (κ2) is 6.01.